The van der Waals surface area contributed by atoms with E-state index in [1.165, 1.54) is 19.1 Å². The van der Waals surface area contributed by atoms with Crippen molar-refractivity contribution in [3.63, 3.8) is 0 Å². The molecule has 1 saturated carbocycles. The lowest BCUT2D eigenvalue weighted by molar-refractivity contribution is -0.117. The maximum atomic E-state index is 12.7. The van der Waals surface area contributed by atoms with E-state index in [2.05, 4.69) is 0 Å². The van der Waals surface area contributed by atoms with Crippen LogP contribution in [-0.2, 0) is 14.6 Å². The molecule has 4 rings (SSSR count). The van der Waals surface area contributed by atoms with E-state index in [1.54, 1.807) is 36.3 Å². The average molecular weight is 430 g/mol. The maximum absolute atomic E-state index is 12.7. The standard InChI is InChI=1S/C23H27NO5S/c1-28-21-11-10-16(12-22(21)29-19-7-3-4-8-19)17-13-23(25)24(15-17)18-6-5-9-20(14-18)30(2,26)27/h5-6,9-12,14,17,19H,3-4,7-8,13,15H2,1-2H3/t17-/m0/s1. The fourth-order valence-corrected chi connectivity index (χ4v) is 4.95. The SMILES string of the molecule is COc1ccc([C@H]2CC(=O)N(c3cccc(S(C)(=O)=O)c3)C2)cc1OC1CCCC1. The number of anilines is 1. The molecule has 1 aliphatic carbocycles. The molecular formula is C23H27NO5S. The lowest BCUT2D eigenvalue weighted by Crippen LogP contribution is -2.24. The normalized spacial score (nSPS) is 20.0. The van der Waals surface area contributed by atoms with Crippen LogP contribution < -0.4 is 14.4 Å². The second kappa shape index (κ2) is 8.30. The number of sulfone groups is 1. The first-order valence-electron chi connectivity index (χ1n) is 10.3. The van der Waals surface area contributed by atoms with E-state index in [1.807, 2.05) is 18.2 Å². The number of carbonyl (C=O) groups excluding carboxylic acids is 1. The number of nitrogens with zero attached hydrogens (tertiary/aromatic N) is 1. The fraction of sp³-hybridized carbons (Fsp3) is 0.435. The van der Waals surface area contributed by atoms with Gasteiger partial charge in [0.15, 0.2) is 21.3 Å². The fourth-order valence-electron chi connectivity index (χ4n) is 4.29. The molecule has 0 radical (unpaired) electrons. The average Bonchev–Trinajstić information content (AvgIpc) is 3.37. The lowest BCUT2D eigenvalue weighted by Gasteiger charge is -2.19. The van der Waals surface area contributed by atoms with Crippen LogP contribution in [0, 0.1) is 0 Å². The number of amides is 1. The molecule has 30 heavy (non-hydrogen) atoms. The Kier molecular flexibility index (Phi) is 5.73. The third kappa shape index (κ3) is 4.31. The third-order valence-electron chi connectivity index (χ3n) is 5.94. The molecule has 0 unspecified atom stereocenters. The van der Waals surface area contributed by atoms with Crippen LogP contribution in [0.5, 0.6) is 11.5 Å². The molecule has 160 valence electrons. The highest BCUT2D eigenvalue weighted by Crippen LogP contribution is 2.38. The van der Waals surface area contributed by atoms with Gasteiger partial charge in [-0.3, -0.25) is 4.79 Å². The van der Waals surface area contributed by atoms with Crippen molar-refractivity contribution in [1.29, 1.82) is 0 Å². The molecule has 0 bridgehead atoms. The van der Waals surface area contributed by atoms with Gasteiger partial charge in [0.25, 0.3) is 0 Å². The van der Waals surface area contributed by atoms with Gasteiger partial charge >= 0.3 is 0 Å². The van der Waals surface area contributed by atoms with Crippen molar-refractivity contribution < 1.29 is 22.7 Å². The van der Waals surface area contributed by atoms with Gasteiger partial charge in [0.05, 0.1) is 18.1 Å². The zero-order valence-corrected chi connectivity index (χ0v) is 18.2. The predicted octanol–water partition coefficient (Wildman–Crippen LogP) is 3.94. The monoisotopic (exact) mass is 429 g/mol. The summed E-state index contributed by atoms with van der Waals surface area (Å²) in [5, 5.41) is 0. The number of methoxy groups -OCH3 is 1. The zero-order valence-electron chi connectivity index (χ0n) is 17.3. The second-order valence-corrected chi connectivity index (χ2v) is 10.1. The third-order valence-corrected chi connectivity index (χ3v) is 7.05. The Morgan fingerprint density at radius 2 is 1.80 bits per heavy atom. The summed E-state index contributed by atoms with van der Waals surface area (Å²) in [6.07, 6.45) is 6.24. The number of hydrogen-bond acceptors (Lipinski definition) is 5. The van der Waals surface area contributed by atoms with Crippen molar-refractivity contribution in [3.8, 4) is 11.5 Å². The van der Waals surface area contributed by atoms with Crippen molar-refractivity contribution in [2.45, 2.75) is 49.0 Å². The molecule has 0 aromatic heterocycles. The Morgan fingerprint density at radius 3 is 2.50 bits per heavy atom. The molecule has 0 spiro atoms. The molecule has 2 aromatic rings. The molecule has 6 nitrogen and oxygen atoms in total. The highest BCUT2D eigenvalue weighted by molar-refractivity contribution is 7.90. The van der Waals surface area contributed by atoms with Crippen molar-refractivity contribution in [2.75, 3.05) is 24.8 Å². The molecule has 2 aromatic carbocycles. The maximum Gasteiger partial charge on any atom is 0.227 e. The second-order valence-electron chi connectivity index (χ2n) is 8.11. The van der Waals surface area contributed by atoms with E-state index in [0.717, 1.165) is 24.2 Å². The molecule has 2 aliphatic rings. The predicted molar refractivity (Wildman–Crippen MR) is 115 cm³/mol. The molecule has 1 amide bonds. The van der Waals surface area contributed by atoms with Gasteiger partial charge in [-0.25, -0.2) is 8.42 Å². The molecule has 1 saturated heterocycles. The lowest BCUT2D eigenvalue weighted by atomic mass is 9.98. The molecule has 7 heteroatoms. The molecule has 1 heterocycles. The van der Waals surface area contributed by atoms with Crippen LogP contribution >= 0.6 is 0 Å². The summed E-state index contributed by atoms with van der Waals surface area (Å²) in [7, 11) is -1.70. The molecular weight excluding hydrogens is 402 g/mol. The van der Waals surface area contributed by atoms with Gasteiger partial charge in [0.2, 0.25) is 5.91 Å². The van der Waals surface area contributed by atoms with E-state index in [0.29, 0.717) is 24.4 Å². The first-order valence-corrected chi connectivity index (χ1v) is 12.2. The van der Waals surface area contributed by atoms with Crippen molar-refractivity contribution in [2.24, 2.45) is 0 Å². The van der Waals surface area contributed by atoms with Gasteiger partial charge < -0.3 is 14.4 Å². The van der Waals surface area contributed by atoms with Gasteiger partial charge in [-0.2, -0.15) is 0 Å². The van der Waals surface area contributed by atoms with E-state index in [4.69, 9.17) is 9.47 Å². The van der Waals surface area contributed by atoms with Crippen LogP contribution in [-0.4, -0.2) is 40.3 Å². The van der Waals surface area contributed by atoms with E-state index >= 15 is 0 Å². The van der Waals surface area contributed by atoms with E-state index in [-0.39, 0.29) is 22.8 Å². The van der Waals surface area contributed by atoms with Gasteiger partial charge in [-0.1, -0.05) is 12.1 Å². The molecule has 0 N–H and O–H groups in total. The van der Waals surface area contributed by atoms with E-state index < -0.39 is 9.84 Å². The van der Waals surface area contributed by atoms with Crippen LogP contribution in [0.4, 0.5) is 5.69 Å². The summed E-state index contributed by atoms with van der Waals surface area (Å²) in [5.41, 5.74) is 1.64. The first kappa shape index (κ1) is 20.7. The highest BCUT2D eigenvalue weighted by atomic mass is 32.2. The number of carbonyl (C=O) groups is 1. The summed E-state index contributed by atoms with van der Waals surface area (Å²) in [4.78, 5) is 14.6. The Balaban J connectivity index is 1.56. The topological polar surface area (TPSA) is 72.9 Å². The number of hydrogen-bond donors (Lipinski definition) is 0. The van der Waals surface area contributed by atoms with Crippen LogP contribution in [0.2, 0.25) is 0 Å². The Bertz CT molecular complexity index is 1040. The summed E-state index contributed by atoms with van der Waals surface area (Å²) in [5.74, 6) is 1.43. The van der Waals surface area contributed by atoms with Crippen molar-refractivity contribution in [1.82, 2.24) is 0 Å². The summed E-state index contributed by atoms with van der Waals surface area (Å²) in [6.45, 7) is 0.501. The smallest absolute Gasteiger partial charge is 0.227 e. The van der Waals surface area contributed by atoms with Crippen molar-refractivity contribution >= 4 is 21.4 Å². The van der Waals surface area contributed by atoms with E-state index in [9.17, 15) is 13.2 Å². The first-order chi connectivity index (χ1) is 14.3. The Hall–Kier alpha value is -2.54. The van der Waals surface area contributed by atoms with Crippen LogP contribution in [0.1, 0.15) is 43.6 Å². The van der Waals surface area contributed by atoms with Crippen molar-refractivity contribution in [3.05, 3.63) is 48.0 Å². The van der Waals surface area contributed by atoms with Crippen LogP contribution in [0.3, 0.4) is 0 Å². The largest absolute Gasteiger partial charge is 0.493 e. The molecule has 1 aliphatic heterocycles. The van der Waals surface area contributed by atoms with Gasteiger partial charge in [0, 0.05) is 30.8 Å². The highest BCUT2D eigenvalue weighted by Gasteiger charge is 2.32. The number of rotatable bonds is 6. The Morgan fingerprint density at radius 1 is 1.03 bits per heavy atom. The quantitative estimate of drug-likeness (QED) is 0.695. The minimum atomic E-state index is -3.33. The Labute approximate surface area is 177 Å². The van der Waals surface area contributed by atoms with Gasteiger partial charge in [0.1, 0.15) is 0 Å². The summed E-state index contributed by atoms with van der Waals surface area (Å²) in [6, 6.07) is 12.4. The minimum absolute atomic E-state index is 0.0104. The number of benzene rings is 2. The summed E-state index contributed by atoms with van der Waals surface area (Å²) >= 11 is 0. The number of ether oxygens (including phenoxy) is 2. The molecule has 1 atom stereocenters. The van der Waals surface area contributed by atoms with Gasteiger partial charge in [-0.05, 0) is 61.6 Å². The zero-order chi connectivity index (χ0) is 21.3. The minimum Gasteiger partial charge on any atom is -0.493 e. The van der Waals surface area contributed by atoms with Crippen LogP contribution in [0.15, 0.2) is 47.4 Å². The van der Waals surface area contributed by atoms with Gasteiger partial charge in [-0.15, -0.1) is 0 Å². The summed E-state index contributed by atoms with van der Waals surface area (Å²) < 4.78 is 35.4. The van der Waals surface area contributed by atoms with Crippen LogP contribution in [0.25, 0.3) is 0 Å². The molecule has 2 fully saturated rings.